The van der Waals surface area contributed by atoms with E-state index in [0.717, 1.165) is 0 Å². The molecular formula is C8H9O6P. The first-order chi connectivity index (χ1) is 6.92. The highest BCUT2D eigenvalue weighted by Crippen LogP contribution is 2.37. The molecule has 0 heterocycles. The Morgan fingerprint density at radius 1 is 1.40 bits per heavy atom. The van der Waals surface area contributed by atoms with Crippen LogP contribution in [0.4, 0.5) is 0 Å². The van der Waals surface area contributed by atoms with Gasteiger partial charge in [0.05, 0.1) is 12.7 Å². The Labute approximate surface area is 85.7 Å². The molecule has 0 saturated carbocycles. The van der Waals surface area contributed by atoms with Gasteiger partial charge in [-0.05, 0) is 18.2 Å². The molecule has 1 rings (SSSR count). The Morgan fingerprint density at radius 2 is 2.07 bits per heavy atom. The third-order valence-corrected chi connectivity index (χ3v) is 1.91. The summed E-state index contributed by atoms with van der Waals surface area (Å²) in [5, 5.41) is 0. The Kier molecular flexibility index (Phi) is 3.47. The molecule has 0 unspecified atom stereocenters. The molecule has 0 aromatic heterocycles. The van der Waals surface area contributed by atoms with Gasteiger partial charge in [-0.15, -0.1) is 0 Å². The number of methoxy groups -OCH3 is 1. The monoisotopic (exact) mass is 232 g/mol. The van der Waals surface area contributed by atoms with Crippen molar-refractivity contribution in [3.63, 3.8) is 0 Å². The third-order valence-electron chi connectivity index (χ3n) is 1.51. The highest BCUT2D eigenvalue weighted by atomic mass is 31.2. The molecule has 0 aliphatic rings. The molecule has 15 heavy (non-hydrogen) atoms. The summed E-state index contributed by atoms with van der Waals surface area (Å²) in [6, 6.07) is 5.78. The minimum absolute atomic E-state index is 0.0117. The van der Waals surface area contributed by atoms with Crippen LogP contribution in [0.15, 0.2) is 24.3 Å². The van der Waals surface area contributed by atoms with E-state index in [2.05, 4.69) is 4.52 Å². The second-order valence-corrected chi connectivity index (χ2v) is 3.77. The molecule has 82 valence electrons. The maximum atomic E-state index is 11.2. The van der Waals surface area contributed by atoms with Crippen LogP contribution < -0.4 is 4.74 Å². The van der Waals surface area contributed by atoms with Gasteiger partial charge >= 0.3 is 13.8 Å². The Morgan fingerprint density at radius 3 is 2.60 bits per heavy atom. The van der Waals surface area contributed by atoms with Crippen molar-refractivity contribution in [1.29, 1.82) is 0 Å². The number of rotatable bonds is 3. The van der Waals surface area contributed by atoms with Gasteiger partial charge in [0.1, 0.15) is 5.75 Å². The molecule has 1 aromatic carbocycles. The molecule has 0 amide bonds. The van der Waals surface area contributed by atoms with E-state index >= 15 is 0 Å². The highest BCUT2D eigenvalue weighted by molar-refractivity contribution is 7.46. The highest BCUT2D eigenvalue weighted by Gasteiger charge is 2.21. The van der Waals surface area contributed by atoms with E-state index in [1.165, 1.54) is 25.3 Å². The van der Waals surface area contributed by atoms with Crippen LogP contribution in [0.25, 0.3) is 0 Å². The van der Waals surface area contributed by atoms with E-state index in [4.69, 9.17) is 14.5 Å². The van der Waals surface area contributed by atoms with E-state index in [0.29, 0.717) is 5.75 Å². The van der Waals surface area contributed by atoms with Gasteiger partial charge in [-0.3, -0.25) is 9.79 Å². The predicted octanol–water partition coefficient (Wildman–Crippen LogP) is 0.945. The molecule has 2 N–H and O–H groups in total. The van der Waals surface area contributed by atoms with E-state index in [1.54, 1.807) is 6.07 Å². The lowest BCUT2D eigenvalue weighted by atomic mass is 10.2. The standard InChI is InChI=1S/C8H9O6P/c1-13-7-4-2-3-6(5-7)8(9)14-15(10,11)12/h2-5H,1H3,(H2,10,11,12). The van der Waals surface area contributed by atoms with E-state index in [1.807, 2.05) is 0 Å². The fourth-order valence-electron chi connectivity index (χ4n) is 0.911. The molecule has 0 fully saturated rings. The molecule has 0 saturated heterocycles. The van der Waals surface area contributed by atoms with Crippen LogP contribution in [-0.2, 0) is 9.09 Å². The minimum atomic E-state index is -4.80. The summed E-state index contributed by atoms with van der Waals surface area (Å²) in [5.41, 5.74) is 0.0117. The zero-order valence-electron chi connectivity index (χ0n) is 7.78. The van der Waals surface area contributed by atoms with Crippen LogP contribution in [0.2, 0.25) is 0 Å². The number of hydrogen-bond acceptors (Lipinski definition) is 4. The average molecular weight is 232 g/mol. The van der Waals surface area contributed by atoms with Crippen molar-refractivity contribution in [3.8, 4) is 5.75 Å². The van der Waals surface area contributed by atoms with Crippen LogP contribution in [-0.4, -0.2) is 22.9 Å². The number of carbonyl (C=O) groups excluding carboxylic acids is 1. The van der Waals surface area contributed by atoms with Crippen molar-refractivity contribution in [3.05, 3.63) is 29.8 Å². The fourth-order valence-corrected chi connectivity index (χ4v) is 1.23. The van der Waals surface area contributed by atoms with Gasteiger partial charge in [-0.1, -0.05) is 6.07 Å². The first-order valence-corrected chi connectivity index (χ1v) is 5.39. The molecule has 6 nitrogen and oxygen atoms in total. The molecule has 0 bridgehead atoms. The summed E-state index contributed by atoms with van der Waals surface area (Å²) >= 11 is 0. The van der Waals surface area contributed by atoms with E-state index in [9.17, 15) is 9.36 Å². The van der Waals surface area contributed by atoms with Gasteiger partial charge in [0, 0.05) is 0 Å². The van der Waals surface area contributed by atoms with Crippen LogP contribution in [0.5, 0.6) is 5.75 Å². The third kappa shape index (κ3) is 3.71. The summed E-state index contributed by atoms with van der Waals surface area (Å²) in [4.78, 5) is 28.0. The average Bonchev–Trinajstić information content (AvgIpc) is 2.15. The summed E-state index contributed by atoms with van der Waals surface area (Å²) in [7, 11) is -3.39. The van der Waals surface area contributed by atoms with Gasteiger partial charge in [0.2, 0.25) is 0 Å². The van der Waals surface area contributed by atoms with Crippen LogP contribution in [0.3, 0.4) is 0 Å². The Bertz CT molecular complexity index is 409. The molecule has 0 atom stereocenters. The predicted molar refractivity (Wildman–Crippen MR) is 50.5 cm³/mol. The van der Waals surface area contributed by atoms with Crippen LogP contribution >= 0.6 is 7.82 Å². The number of hydrogen-bond donors (Lipinski definition) is 2. The topological polar surface area (TPSA) is 93.1 Å². The Hall–Kier alpha value is -1.36. The van der Waals surface area contributed by atoms with Gasteiger partial charge in [-0.2, -0.15) is 0 Å². The Balaban J connectivity index is 2.87. The van der Waals surface area contributed by atoms with Crippen molar-refractivity contribution in [1.82, 2.24) is 0 Å². The summed E-state index contributed by atoms with van der Waals surface area (Å²) < 4.78 is 19.1. The lowest BCUT2D eigenvalue weighted by molar-refractivity contribution is 0.0677. The van der Waals surface area contributed by atoms with Gasteiger partial charge in [-0.25, -0.2) is 9.36 Å². The fraction of sp³-hybridized carbons (Fsp3) is 0.125. The van der Waals surface area contributed by atoms with Crippen molar-refractivity contribution < 1.29 is 28.4 Å². The molecular weight excluding hydrogens is 223 g/mol. The molecule has 7 heteroatoms. The summed E-state index contributed by atoms with van der Waals surface area (Å²) in [6.07, 6.45) is 0. The van der Waals surface area contributed by atoms with Crippen LogP contribution in [0, 0.1) is 0 Å². The van der Waals surface area contributed by atoms with Crippen LogP contribution in [0.1, 0.15) is 10.4 Å². The normalized spacial score (nSPS) is 10.9. The number of phosphoric acid groups is 1. The quantitative estimate of drug-likeness (QED) is 0.753. The van der Waals surface area contributed by atoms with Crippen molar-refractivity contribution in [2.45, 2.75) is 0 Å². The van der Waals surface area contributed by atoms with E-state index < -0.39 is 13.8 Å². The number of ether oxygens (including phenoxy) is 1. The number of phosphoric ester groups is 1. The maximum Gasteiger partial charge on any atom is 0.527 e. The van der Waals surface area contributed by atoms with Crippen molar-refractivity contribution in [2.75, 3.05) is 7.11 Å². The molecule has 0 radical (unpaired) electrons. The first-order valence-electron chi connectivity index (χ1n) is 3.86. The van der Waals surface area contributed by atoms with Gasteiger partial charge < -0.3 is 9.26 Å². The second-order valence-electron chi connectivity index (χ2n) is 2.60. The van der Waals surface area contributed by atoms with Crippen molar-refractivity contribution >= 4 is 13.8 Å². The maximum absolute atomic E-state index is 11.2. The smallest absolute Gasteiger partial charge is 0.497 e. The second kappa shape index (κ2) is 4.44. The summed E-state index contributed by atoms with van der Waals surface area (Å²) in [5.74, 6) is -0.697. The SMILES string of the molecule is COc1cccc(C(=O)OP(=O)(O)O)c1. The van der Waals surface area contributed by atoms with Crippen molar-refractivity contribution in [2.24, 2.45) is 0 Å². The zero-order chi connectivity index (χ0) is 11.5. The lowest BCUT2D eigenvalue weighted by Crippen LogP contribution is -2.03. The lowest BCUT2D eigenvalue weighted by Gasteiger charge is -2.06. The molecule has 0 aliphatic carbocycles. The zero-order valence-corrected chi connectivity index (χ0v) is 8.68. The molecule has 1 aromatic rings. The van der Waals surface area contributed by atoms with Gasteiger partial charge in [0.15, 0.2) is 0 Å². The first kappa shape index (κ1) is 11.7. The summed E-state index contributed by atoms with van der Waals surface area (Å²) in [6.45, 7) is 0. The number of benzene rings is 1. The van der Waals surface area contributed by atoms with E-state index in [-0.39, 0.29) is 5.56 Å². The molecule has 0 spiro atoms. The largest absolute Gasteiger partial charge is 0.527 e. The van der Waals surface area contributed by atoms with Gasteiger partial charge in [0.25, 0.3) is 0 Å². The number of carbonyl (C=O) groups is 1. The minimum Gasteiger partial charge on any atom is -0.497 e. The molecule has 0 aliphatic heterocycles.